The highest BCUT2D eigenvalue weighted by Crippen LogP contribution is 2.34. The number of anilines is 2. The fourth-order valence-corrected chi connectivity index (χ4v) is 3.74. The molecular formula is C21H30BrN3. The van der Waals surface area contributed by atoms with Crippen LogP contribution in [0.4, 0.5) is 11.6 Å². The molecule has 3 nitrogen and oxygen atoms in total. The predicted molar refractivity (Wildman–Crippen MR) is 111 cm³/mol. The largest absolute Gasteiger partial charge is 0.310 e. The van der Waals surface area contributed by atoms with Gasteiger partial charge in [0.05, 0.1) is 5.69 Å². The molecule has 1 aromatic carbocycles. The number of aromatic nitrogens is 2. The average molecular weight is 404 g/mol. The normalized spacial score (nSPS) is 11.4. The maximum atomic E-state index is 4.92. The Bertz CT molecular complexity index is 708. The third kappa shape index (κ3) is 4.60. The Morgan fingerprint density at radius 2 is 1.72 bits per heavy atom. The van der Waals surface area contributed by atoms with Crippen LogP contribution in [0.1, 0.15) is 76.2 Å². The quantitative estimate of drug-likeness (QED) is 0.512. The van der Waals surface area contributed by atoms with Crippen molar-refractivity contribution in [2.24, 2.45) is 0 Å². The van der Waals surface area contributed by atoms with Gasteiger partial charge in [0.25, 0.3) is 0 Å². The van der Waals surface area contributed by atoms with Crippen LogP contribution in [0.2, 0.25) is 0 Å². The molecule has 0 saturated heterocycles. The molecule has 0 aliphatic carbocycles. The number of halogens is 1. The van der Waals surface area contributed by atoms with Crippen LogP contribution in [-0.4, -0.2) is 16.5 Å². The topological polar surface area (TPSA) is 29.0 Å². The van der Waals surface area contributed by atoms with E-state index in [0.29, 0.717) is 11.8 Å². The van der Waals surface area contributed by atoms with Crippen LogP contribution in [0.25, 0.3) is 0 Å². The zero-order valence-electron chi connectivity index (χ0n) is 16.3. The van der Waals surface area contributed by atoms with E-state index in [-0.39, 0.29) is 0 Å². The van der Waals surface area contributed by atoms with Gasteiger partial charge >= 0.3 is 0 Å². The molecular weight excluding hydrogens is 374 g/mol. The Labute approximate surface area is 161 Å². The van der Waals surface area contributed by atoms with Gasteiger partial charge in [0.1, 0.15) is 0 Å². The van der Waals surface area contributed by atoms with E-state index in [0.717, 1.165) is 46.9 Å². The average Bonchev–Trinajstić information content (AvgIpc) is 2.57. The van der Waals surface area contributed by atoms with E-state index in [1.807, 2.05) is 0 Å². The Morgan fingerprint density at radius 3 is 2.24 bits per heavy atom. The second kappa shape index (κ2) is 8.79. The van der Waals surface area contributed by atoms with Crippen molar-refractivity contribution in [1.29, 1.82) is 0 Å². The molecule has 0 unspecified atom stereocenters. The van der Waals surface area contributed by atoms with Crippen LogP contribution >= 0.6 is 15.9 Å². The van der Waals surface area contributed by atoms with Crippen molar-refractivity contribution in [1.82, 2.24) is 9.97 Å². The van der Waals surface area contributed by atoms with Gasteiger partial charge in [-0.1, -0.05) is 33.8 Å². The van der Waals surface area contributed by atoms with Crippen molar-refractivity contribution in [3.8, 4) is 0 Å². The summed E-state index contributed by atoms with van der Waals surface area (Å²) in [5.74, 6) is 1.80. The number of hydrogen-bond acceptors (Lipinski definition) is 3. The van der Waals surface area contributed by atoms with Gasteiger partial charge in [0, 0.05) is 28.3 Å². The maximum absolute atomic E-state index is 4.92. The minimum atomic E-state index is 0.492. The van der Waals surface area contributed by atoms with Crippen molar-refractivity contribution < 1.29 is 0 Å². The molecule has 0 amide bonds. The summed E-state index contributed by atoms with van der Waals surface area (Å²) in [6.07, 6.45) is 2.20. The lowest BCUT2D eigenvalue weighted by atomic mass is 9.99. The van der Waals surface area contributed by atoms with E-state index in [4.69, 9.17) is 9.97 Å². The fraction of sp³-hybridized carbons (Fsp3) is 0.524. The molecule has 0 atom stereocenters. The summed E-state index contributed by atoms with van der Waals surface area (Å²) >= 11 is 3.75. The number of benzene rings is 1. The molecule has 0 bridgehead atoms. The molecule has 136 valence electrons. The molecule has 2 aromatic rings. The second-order valence-electron chi connectivity index (χ2n) is 6.86. The number of hydrogen-bond donors (Lipinski definition) is 0. The number of aryl methyl sites for hydroxylation is 1. The van der Waals surface area contributed by atoms with Gasteiger partial charge in [0.15, 0.2) is 0 Å². The van der Waals surface area contributed by atoms with Crippen LogP contribution < -0.4 is 4.90 Å². The van der Waals surface area contributed by atoms with Crippen LogP contribution in [0.5, 0.6) is 0 Å². The van der Waals surface area contributed by atoms with E-state index >= 15 is 0 Å². The van der Waals surface area contributed by atoms with Crippen molar-refractivity contribution in [2.75, 3.05) is 11.4 Å². The third-order valence-electron chi connectivity index (χ3n) is 4.75. The van der Waals surface area contributed by atoms with Crippen molar-refractivity contribution in [3.05, 3.63) is 45.7 Å². The van der Waals surface area contributed by atoms with Gasteiger partial charge < -0.3 is 4.90 Å². The van der Waals surface area contributed by atoms with Gasteiger partial charge in [-0.05, 0) is 72.3 Å². The lowest BCUT2D eigenvalue weighted by Gasteiger charge is -2.25. The van der Waals surface area contributed by atoms with Crippen LogP contribution in [0.15, 0.2) is 28.7 Å². The molecule has 0 aliphatic rings. The highest BCUT2D eigenvalue weighted by Gasteiger charge is 2.18. The Morgan fingerprint density at radius 1 is 1.04 bits per heavy atom. The highest BCUT2D eigenvalue weighted by molar-refractivity contribution is 9.10. The van der Waals surface area contributed by atoms with E-state index in [1.54, 1.807) is 0 Å². The molecule has 1 aromatic heterocycles. The smallest absolute Gasteiger partial charge is 0.230 e. The minimum absolute atomic E-state index is 0.492. The van der Waals surface area contributed by atoms with Gasteiger partial charge in [-0.2, -0.15) is 0 Å². The molecule has 0 radical (unpaired) electrons. The highest BCUT2D eigenvalue weighted by atomic mass is 79.9. The third-order valence-corrected chi connectivity index (χ3v) is 5.39. The Balaban J connectivity index is 2.47. The molecule has 1 heterocycles. The molecule has 0 N–H and O–H groups in total. The molecule has 4 heteroatoms. The van der Waals surface area contributed by atoms with Crippen LogP contribution in [-0.2, 0) is 0 Å². The fourth-order valence-electron chi connectivity index (χ4n) is 3.13. The molecule has 0 aliphatic heterocycles. The standard InChI is InChI=1S/C21H30BrN3/c1-7-16(8-2)19-12-15(6)23-21(24-19)25(9-3)20-11-10-17(14(4)5)13-18(20)22/h10-14,16H,7-9H2,1-6H3. The molecule has 0 fully saturated rings. The summed E-state index contributed by atoms with van der Waals surface area (Å²) in [5, 5.41) is 0. The number of rotatable bonds is 7. The van der Waals surface area contributed by atoms with E-state index < -0.39 is 0 Å². The molecule has 2 rings (SSSR count). The monoisotopic (exact) mass is 403 g/mol. The van der Waals surface area contributed by atoms with Gasteiger partial charge in [-0.3, -0.25) is 0 Å². The van der Waals surface area contributed by atoms with E-state index in [9.17, 15) is 0 Å². The van der Waals surface area contributed by atoms with Crippen LogP contribution in [0.3, 0.4) is 0 Å². The summed E-state index contributed by atoms with van der Waals surface area (Å²) in [5.41, 5.74) is 4.63. The summed E-state index contributed by atoms with van der Waals surface area (Å²) in [7, 11) is 0. The van der Waals surface area contributed by atoms with Gasteiger partial charge in [-0.25, -0.2) is 9.97 Å². The summed E-state index contributed by atoms with van der Waals surface area (Å²) in [6, 6.07) is 8.71. The zero-order valence-corrected chi connectivity index (χ0v) is 17.9. The lowest BCUT2D eigenvalue weighted by Crippen LogP contribution is -2.21. The first-order valence-corrected chi connectivity index (χ1v) is 10.1. The molecule has 25 heavy (non-hydrogen) atoms. The predicted octanol–water partition coefficient (Wildman–Crippen LogP) is 6.73. The van der Waals surface area contributed by atoms with Crippen molar-refractivity contribution >= 4 is 27.6 Å². The van der Waals surface area contributed by atoms with Crippen LogP contribution in [0, 0.1) is 6.92 Å². The zero-order chi connectivity index (χ0) is 18.6. The van der Waals surface area contributed by atoms with E-state index in [1.165, 1.54) is 5.56 Å². The van der Waals surface area contributed by atoms with Crippen molar-refractivity contribution in [3.63, 3.8) is 0 Å². The molecule has 0 saturated carbocycles. The molecule has 0 spiro atoms. The van der Waals surface area contributed by atoms with Crippen molar-refractivity contribution in [2.45, 2.75) is 66.2 Å². The summed E-state index contributed by atoms with van der Waals surface area (Å²) < 4.78 is 1.09. The Hall–Kier alpha value is -1.42. The van der Waals surface area contributed by atoms with E-state index in [2.05, 4.69) is 86.6 Å². The summed E-state index contributed by atoms with van der Waals surface area (Å²) in [6.45, 7) is 13.9. The minimum Gasteiger partial charge on any atom is -0.310 e. The first-order valence-electron chi connectivity index (χ1n) is 9.33. The first kappa shape index (κ1) is 19.9. The number of nitrogens with zero attached hydrogens (tertiary/aromatic N) is 3. The Kier molecular flexibility index (Phi) is 7.00. The van der Waals surface area contributed by atoms with Gasteiger partial charge in [-0.15, -0.1) is 0 Å². The maximum Gasteiger partial charge on any atom is 0.230 e. The lowest BCUT2D eigenvalue weighted by molar-refractivity contribution is 0.619. The first-order chi connectivity index (χ1) is 11.9. The summed E-state index contributed by atoms with van der Waals surface area (Å²) in [4.78, 5) is 11.8. The van der Waals surface area contributed by atoms with Gasteiger partial charge in [0.2, 0.25) is 5.95 Å². The SMILES string of the molecule is CCC(CC)c1cc(C)nc(N(CC)c2ccc(C(C)C)cc2Br)n1. The second-order valence-corrected chi connectivity index (χ2v) is 7.71.